The maximum atomic E-state index is 3.74. The van der Waals surface area contributed by atoms with Crippen LogP contribution in [0.15, 0.2) is 34.1 Å². The molecule has 1 unspecified atom stereocenters. The van der Waals surface area contributed by atoms with E-state index in [-0.39, 0.29) is 0 Å². The number of anilines is 1. The summed E-state index contributed by atoms with van der Waals surface area (Å²) in [6, 6.07) is 9.36. The maximum absolute atomic E-state index is 3.74. The van der Waals surface area contributed by atoms with Gasteiger partial charge in [0.25, 0.3) is 0 Å². The summed E-state index contributed by atoms with van der Waals surface area (Å²) in [5.74, 6) is 0.808. The summed E-state index contributed by atoms with van der Waals surface area (Å²) in [7, 11) is 0. The molecule has 1 aliphatic rings. The summed E-state index contributed by atoms with van der Waals surface area (Å²) >= 11 is 5.49. The fourth-order valence-electron chi connectivity index (χ4n) is 2.53. The van der Waals surface area contributed by atoms with Gasteiger partial charge in [-0.3, -0.25) is 0 Å². The predicted molar refractivity (Wildman–Crippen MR) is 87.0 cm³/mol. The van der Waals surface area contributed by atoms with Gasteiger partial charge in [0.15, 0.2) is 0 Å². The third-order valence-electron chi connectivity index (χ3n) is 3.70. The number of nitrogens with one attached hydrogen (secondary N) is 1. The molecule has 1 aromatic carbocycles. The van der Waals surface area contributed by atoms with Crippen LogP contribution in [0.2, 0.25) is 0 Å². The molecule has 0 amide bonds. The van der Waals surface area contributed by atoms with Crippen molar-refractivity contribution < 1.29 is 0 Å². The quantitative estimate of drug-likeness (QED) is 0.756. The highest BCUT2D eigenvalue weighted by atomic mass is 79.9. The van der Waals surface area contributed by atoms with Crippen LogP contribution in [0.25, 0.3) is 0 Å². The first-order valence-corrected chi connectivity index (χ1v) is 8.39. The van der Waals surface area contributed by atoms with E-state index in [0.29, 0.717) is 6.04 Å². The molecule has 1 aliphatic carbocycles. The van der Waals surface area contributed by atoms with E-state index in [1.807, 2.05) is 11.3 Å². The highest BCUT2D eigenvalue weighted by Crippen LogP contribution is 2.44. The van der Waals surface area contributed by atoms with Crippen molar-refractivity contribution in [2.45, 2.75) is 32.7 Å². The van der Waals surface area contributed by atoms with E-state index >= 15 is 0 Å². The van der Waals surface area contributed by atoms with Crippen LogP contribution in [-0.2, 0) is 0 Å². The van der Waals surface area contributed by atoms with Crippen LogP contribution in [0.4, 0.5) is 5.69 Å². The smallest absolute Gasteiger partial charge is 0.0634 e. The Balaban J connectivity index is 1.86. The van der Waals surface area contributed by atoms with Gasteiger partial charge in [0.05, 0.1) is 6.04 Å². The third kappa shape index (κ3) is 2.87. The van der Waals surface area contributed by atoms with Crippen LogP contribution in [-0.4, -0.2) is 0 Å². The number of benzene rings is 1. The molecule has 1 atom stereocenters. The zero-order chi connectivity index (χ0) is 13.4. The lowest BCUT2D eigenvalue weighted by Crippen LogP contribution is -2.11. The van der Waals surface area contributed by atoms with E-state index in [2.05, 4.69) is 64.7 Å². The molecular formula is C16H18BrNS. The van der Waals surface area contributed by atoms with Gasteiger partial charge in [-0.05, 0) is 67.3 Å². The minimum atomic E-state index is 0.486. The molecule has 1 nitrogen and oxygen atoms in total. The van der Waals surface area contributed by atoms with E-state index in [1.165, 1.54) is 39.0 Å². The Labute approximate surface area is 127 Å². The second-order valence-corrected chi connectivity index (χ2v) is 7.17. The summed E-state index contributed by atoms with van der Waals surface area (Å²) in [6.45, 7) is 4.30. The molecule has 0 bridgehead atoms. The Morgan fingerprint density at radius 3 is 2.47 bits per heavy atom. The Kier molecular flexibility index (Phi) is 3.68. The Morgan fingerprint density at radius 1 is 1.26 bits per heavy atom. The molecule has 0 aliphatic heterocycles. The third-order valence-corrected chi connectivity index (χ3v) is 5.91. The SMILES string of the molecule is Cc1cc(NC(c2cccs2)C2CC2)cc(C)c1Br. The fraction of sp³-hybridized carbons (Fsp3) is 0.375. The first-order valence-electron chi connectivity index (χ1n) is 6.72. The predicted octanol–water partition coefficient (Wildman–Crippen LogP) is 5.69. The molecule has 2 aromatic rings. The monoisotopic (exact) mass is 335 g/mol. The van der Waals surface area contributed by atoms with Gasteiger partial charge < -0.3 is 5.32 Å². The zero-order valence-corrected chi connectivity index (χ0v) is 13.6. The molecule has 3 rings (SSSR count). The molecule has 1 aromatic heterocycles. The van der Waals surface area contributed by atoms with E-state index in [9.17, 15) is 0 Å². The van der Waals surface area contributed by atoms with Gasteiger partial charge in [-0.2, -0.15) is 0 Å². The number of halogens is 1. The van der Waals surface area contributed by atoms with E-state index < -0.39 is 0 Å². The molecule has 3 heteroatoms. The van der Waals surface area contributed by atoms with Crippen molar-refractivity contribution in [3.63, 3.8) is 0 Å². The van der Waals surface area contributed by atoms with Crippen molar-refractivity contribution in [1.29, 1.82) is 0 Å². The standard InChI is InChI=1S/C16H18BrNS/c1-10-8-13(9-11(2)15(10)17)18-16(12-5-6-12)14-4-3-7-19-14/h3-4,7-9,12,16,18H,5-6H2,1-2H3. The molecule has 19 heavy (non-hydrogen) atoms. The molecule has 0 radical (unpaired) electrons. The van der Waals surface area contributed by atoms with Gasteiger partial charge in [0.1, 0.15) is 0 Å². The second-order valence-electron chi connectivity index (χ2n) is 5.40. The lowest BCUT2D eigenvalue weighted by molar-refractivity contribution is 0.691. The summed E-state index contributed by atoms with van der Waals surface area (Å²) < 4.78 is 1.22. The van der Waals surface area contributed by atoms with Crippen molar-refractivity contribution in [2.75, 3.05) is 5.32 Å². The highest BCUT2D eigenvalue weighted by molar-refractivity contribution is 9.10. The number of hydrogen-bond acceptors (Lipinski definition) is 2. The normalized spacial score (nSPS) is 16.4. The number of aryl methyl sites for hydroxylation is 2. The molecule has 100 valence electrons. The maximum Gasteiger partial charge on any atom is 0.0634 e. The Morgan fingerprint density at radius 2 is 1.95 bits per heavy atom. The second kappa shape index (κ2) is 5.29. The van der Waals surface area contributed by atoms with Gasteiger partial charge in [0, 0.05) is 15.0 Å². The zero-order valence-electron chi connectivity index (χ0n) is 11.2. The van der Waals surface area contributed by atoms with Crippen LogP contribution in [0, 0.1) is 19.8 Å². The van der Waals surface area contributed by atoms with Gasteiger partial charge in [-0.25, -0.2) is 0 Å². The van der Waals surface area contributed by atoms with Gasteiger partial charge >= 0.3 is 0 Å². The molecule has 0 saturated heterocycles. The summed E-state index contributed by atoms with van der Waals surface area (Å²) in [4.78, 5) is 1.46. The average Bonchev–Trinajstić information content (AvgIpc) is 3.07. The molecule has 1 heterocycles. The minimum absolute atomic E-state index is 0.486. The summed E-state index contributed by atoms with van der Waals surface area (Å²) in [5, 5.41) is 5.91. The van der Waals surface area contributed by atoms with Gasteiger partial charge in [-0.15, -0.1) is 11.3 Å². The highest BCUT2D eigenvalue weighted by Gasteiger charge is 2.32. The minimum Gasteiger partial charge on any atom is -0.377 e. The largest absolute Gasteiger partial charge is 0.377 e. The van der Waals surface area contributed by atoms with Crippen molar-refractivity contribution >= 4 is 33.0 Å². The van der Waals surface area contributed by atoms with Crippen molar-refractivity contribution in [3.05, 3.63) is 50.1 Å². The lowest BCUT2D eigenvalue weighted by atomic mass is 10.1. The topological polar surface area (TPSA) is 12.0 Å². The molecule has 1 fully saturated rings. The average molecular weight is 336 g/mol. The molecular weight excluding hydrogens is 318 g/mol. The van der Waals surface area contributed by atoms with Crippen LogP contribution in [0.5, 0.6) is 0 Å². The van der Waals surface area contributed by atoms with Crippen LogP contribution < -0.4 is 5.32 Å². The van der Waals surface area contributed by atoms with Gasteiger partial charge in [0.2, 0.25) is 0 Å². The van der Waals surface area contributed by atoms with E-state index in [4.69, 9.17) is 0 Å². The molecule has 0 spiro atoms. The first kappa shape index (κ1) is 13.2. The van der Waals surface area contributed by atoms with E-state index in [0.717, 1.165) is 5.92 Å². The number of thiophene rings is 1. The molecule has 1 N–H and O–H groups in total. The van der Waals surface area contributed by atoms with Crippen molar-refractivity contribution in [2.24, 2.45) is 5.92 Å². The number of rotatable bonds is 4. The number of hydrogen-bond donors (Lipinski definition) is 1. The molecule has 1 saturated carbocycles. The summed E-state index contributed by atoms with van der Waals surface area (Å²) in [5.41, 5.74) is 3.83. The Hall–Kier alpha value is -0.800. The van der Waals surface area contributed by atoms with Crippen LogP contribution in [0.1, 0.15) is 34.9 Å². The van der Waals surface area contributed by atoms with Crippen LogP contribution in [0.3, 0.4) is 0 Å². The van der Waals surface area contributed by atoms with Crippen LogP contribution >= 0.6 is 27.3 Å². The lowest BCUT2D eigenvalue weighted by Gasteiger charge is -2.19. The fourth-order valence-corrected chi connectivity index (χ4v) is 3.63. The first-order chi connectivity index (χ1) is 9.15. The van der Waals surface area contributed by atoms with E-state index in [1.54, 1.807) is 0 Å². The van der Waals surface area contributed by atoms with Crippen molar-refractivity contribution in [3.8, 4) is 0 Å². The summed E-state index contributed by atoms with van der Waals surface area (Å²) in [6.07, 6.45) is 2.70. The van der Waals surface area contributed by atoms with Gasteiger partial charge in [-0.1, -0.05) is 22.0 Å². The Bertz CT molecular complexity index is 549. The van der Waals surface area contributed by atoms with Crippen molar-refractivity contribution in [1.82, 2.24) is 0 Å².